The fourth-order valence-corrected chi connectivity index (χ4v) is 6.94. The predicted octanol–water partition coefficient (Wildman–Crippen LogP) is 0.410. The number of hydrogen-bond acceptors (Lipinski definition) is 11. The summed E-state index contributed by atoms with van der Waals surface area (Å²) < 4.78 is 11.3. The number of amides is 4. The van der Waals surface area contributed by atoms with Gasteiger partial charge in [0.05, 0.1) is 0 Å². The van der Waals surface area contributed by atoms with Gasteiger partial charge in [-0.3, -0.25) is 0 Å². The van der Waals surface area contributed by atoms with Gasteiger partial charge in [-0.25, -0.2) is 4.98 Å². The van der Waals surface area contributed by atoms with Crippen molar-refractivity contribution in [3.63, 3.8) is 0 Å². The van der Waals surface area contributed by atoms with E-state index in [1.807, 2.05) is 24.3 Å². The summed E-state index contributed by atoms with van der Waals surface area (Å²) in [6, 6.07) is 6.76. The Bertz CT molecular complexity index is 2080. The molecular weight excluding hydrogens is 777 g/mol. The van der Waals surface area contributed by atoms with E-state index in [0.717, 1.165) is 72.2 Å². The van der Waals surface area contributed by atoms with E-state index in [1.54, 1.807) is 18.6 Å². The quantitative estimate of drug-likeness (QED) is 0.0447. The van der Waals surface area contributed by atoms with E-state index < -0.39 is 21.8 Å². The Kier molecular flexibility index (Phi) is 12.0. The van der Waals surface area contributed by atoms with Crippen molar-refractivity contribution in [1.82, 2.24) is 58.5 Å². The molecule has 17 nitrogen and oxygen atoms in total. The Balaban J connectivity index is 0.957. The van der Waals surface area contributed by atoms with Crippen LogP contribution in [0.3, 0.4) is 0 Å². The molecule has 0 aromatic carbocycles. The fourth-order valence-electron chi connectivity index (χ4n) is 6.00. The summed E-state index contributed by atoms with van der Waals surface area (Å²) in [5.74, 6) is 2.50. The molecule has 0 aliphatic carbocycles. The summed E-state index contributed by atoms with van der Waals surface area (Å²) in [6.45, 7) is 6.20. The van der Waals surface area contributed by atoms with Crippen molar-refractivity contribution in [3.8, 4) is 0 Å². The first-order valence-electron chi connectivity index (χ1n) is 17.4. The molecule has 0 unspecified atom stereocenters. The number of aromatic nitrogens is 8. The number of nitrogens with two attached hydrogens (primary N) is 2. The van der Waals surface area contributed by atoms with Crippen molar-refractivity contribution >= 4 is 74.0 Å². The Labute approximate surface area is 310 Å². The number of carbonyl (C=O) groups excluding carboxylic acids is 2. The van der Waals surface area contributed by atoms with Crippen LogP contribution in [0, 0.1) is 0 Å². The molecule has 0 aliphatic rings. The van der Waals surface area contributed by atoms with Gasteiger partial charge >= 0.3 is 270 Å². The van der Waals surface area contributed by atoms with Crippen LogP contribution in [0.5, 0.6) is 0 Å². The van der Waals surface area contributed by atoms with Gasteiger partial charge in [0.25, 0.3) is 0 Å². The van der Waals surface area contributed by atoms with Gasteiger partial charge in [0.1, 0.15) is 0 Å². The van der Waals surface area contributed by atoms with Gasteiger partial charge in [0, 0.05) is 6.20 Å². The van der Waals surface area contributed by atoms with E-state index in [2.05, 4.69) is 65.6 Å². The number of rotatable bonds is 16. The molecule has 4 amide bonds. The van der Waals surface area contributed by atoms with Gasteiger partial charge in [-0.15, -0.1) is 0 Å². The van der Waals surface area contributed by atoms with E-state index in [-0.39, 0.29) is 18.6 Å². The molecule has 6 rings (SSSR count). The minimum absolute atomic E-state index is 0.218. The van der Waals surface area contributed by atoms with Crippen molar-refractivity contribution in [2.75, 3.05) is 31.1 Å². The van der Waals surface area contributed by atoms with Crippen LogP contribution in [-0.4, -0.2) is 76.9 Å². The number of halogens is 1. The van der Waals surface area contributed by atoms with Gasteiger partial charge in [-0.1, -0.05) is 13.3 Å². The molecule has 0 radical (unpaired) electrons. The number of imidazole rings is 2. The molecule has 0 bridgehead atoms. The Morgan fingerprint density at radius 2 is 1.27 bits per heavy atom. The molecule has 274 valence electrons. The Morgan fingerprint density at radius 3 is 1.79 bits per heavy atom. The summed E-state index contributed by atoms with van der Waals surface area (Å²) in [5.41, 5.74) is 18.3. The summed E-state index contributed by atoms with van der Waals surface area (Å²) in [5, 5.41) is 8.57. The van der Waals surface area contributed by atoms with E-state index in [0.29, 0.717) is 59.9 Å². The van der Waals surface area contributed by atoms with Gasteiger partial charge < -0.3 is 5.73 Å². The van der Waals surface area contributed by atoms with Crippen LogP contribution in [0.15, 0.2) is 39.9 Å². The number of hydrogen-bond donors (Lipinski definition) is 6. The summed E-state index contributed by atoms with van der Waals surface area (Å²) in [7, 11) is 0. The van der Waals surface area contributed by atoms with Crippen LogP contribution in [0.25, 0.3) is 44.1 Å². The second-order valence-electron chi connectivity index (χ2n) is 12.0. The first kappa shape index (κ1) is 36.4. The van der Waals surface area contributed by atoms with Gasteiger partial charge in [-0.05, 0) is 12.1 Å². The maximum atomic E-state index is 12.5. The number of nitrogens with zero attached hydrogens (tertiary/aromatic N) is 9. The number of nitrogen functional groups attached to an aromatic ring is 2. The third-order valence-electron chi connectivity index (χ3n) is 8.43. The molecular formula is C34H43IN15O2-. The van der Waals surface area contributed by atoms with Gasteiger partial charge in [0.15, 0.2) is 0 Å². The first-order chi connectivity index (χ1) is 25.4. The molecule has 18 heteroatoms. The van der Waals surface area contributed by atoms with Crippen LogP contribution in [0.4, 0.5) is 21.2 Å². The summed E-state index contributed by atoms with van der Waals surface area (Å²) in [4.78, 5) is 52.7. The summed E-state index contributed by atoms with van der Waals surface area (Å²) >= 11 is -1.01. The molecule has 6 heterocycles. The Morgan fingerprint density at radius 1 is 0.750 bits per heavy atom. The zero-order valence-electron chi connectivity index (χ0n) is 29.2. The molecule has 6 aromatic heterocycles. The topological polar surface area (TPSA) is 234 Å². The van der Waals surface area contributed by atoms with E-state index in [9.17, 15) is 9.59 Å². The molecule has 0 saturated carbocycles. The average Bonchev–Trinajstić information content (AvgIpc) is 3.71. The van der Waals surface area contributed by atoms with Gasteiger partial charge in [0.2, 0.25) is 0 Å². The second kappa shape index (κ2) is 17.2. The molecule has 8 N–H and O–H groups in total. The molecule has 0 atom stereocenters. The number of nitrogens with one attached hydrogen (secondary N) is 4. The van der Waals surface area contributed by atoms with Crippen molar-refractivity contribution in [2.24, 2.45) is 3.21 Å². The number of carbonyl (C=O) groups is 2. The zero-order chi connectivity index (χ0) is 36.5. The molecule has 0 fully saturated rings. The molecule has 0 saturated heterocycles. The fraction of sp³-hybridized carbons (Fsp3) is 0.382. The van der Waals surface area contributed by atoms with Crippen molar-refractivity contribution in [2.45, 2.75) is 65.5 Å². The first-order valence-corrected chi connectivity index (χ1v) is 19.4. The minimum atomic E-state index is -1.01. The van der Waals surface area contributed by atoms with Crippen molar-refractivity contribution in [3.05, 3.63) is 48.3 Å². The van der Waals surface area contributed by atoms with Crippen molar-refractivity contribution in [1.29, 1.82) is 0 Å². The Hall–Kier alpha value is -5.40. The maximum absolute atomic E-state index is 12.5. The predicted molar refractivity (Wildman–Crippen MR) is 198 cm³/mol. The van der Waals surface area contributed by atoms with E-state index >= 15 is 0 Å². The molecule has 0 spiro atoms. The molecule has 0 aliphatic heterocycles. The van der Waals surface area contributed by atoms with Gasteiger partial charge in [-0.2, -0.15) is 0 Å². The molecule has 52 heavy (non-hydrogen) atoms. The van der Waals surface area contributed by atoms with E-state index in [1.165, 1.54) is 0 Å². The normalized spacial score (nSPS) is 11.7. The second-order valence-corrected chi connectivity index (χ2v) is 13.6. The van der Waals surface area contributed by atoms with Crippen molar-refractivity contribution < 1.29 is 31.3 Å². The summed E-state index contributed by atoms with van der Waals surface area (Å²) in [6.07, 6.45) is 10.6. The van der Waals surface area contributed by atoms with Crippen LogP contribution in [0.1, 0.15) is 51.2 Å². The van der Waals surface area contributed by atoms with Crippen LogP contribution in [0.2, 0.25) is 0 Å². The standard InChI is InChI=1S/C34H43IN15O2/c1-3-5-11-23-46-27-29(25-21(44-31(27)36)9-7-13-38-25)49(23)19-17-41-33(51)40-15-16-43-35-48-34(52)42-18-20-50-24(12-6-4-2)47-28-30(50)26-22(45-32(28)37)10-8-14-39-26/h7-10,13-14,16H,3-6,11-12,15,17-20H2,1-2H3,(H2,36,44)(H2,37,45)(H2,40,41,51)(H2,42,48,52)/q-1. The number of pyridine rings is 4. The number of fused-ring (bicyclic) bond motifs is 6. The SMILES string of the molecule is CCCCc1nc2c(N)nc3cccnc3c2n1CCNC(=O)NCC=N[I-]NC(=O)NCCn1c(CCCC)nc2c(N)nc3cccnc3c21. The zero-order valence-corrected chi connectivity index (χ0v) is 31.4. The number of aryl methyl sites for hydroxylation is 2. The average molecular weight is 821 g/mol. The monoisotopic (exact) mass is 820 g/mol. The van der Waals surface area contributed by atoms with Crippen LogP contribution < -0.4 is 52.7 Å². The molecule has 6 aromatic rings. The number of unbranched alkanes of at least 4 members (excludes halogenated alkanes) is 2. The van der Waals surface area contributed by atoms with E-state index in [4.69, 9.17) is 21.4 Å². The number of urea groups is 2. The van der Waals surface area contributed by atoms with Crippen LogP contribution in [-0.2, 0) is 25.9 Å². The van der Waals surface area contributed by atoms with Crippen LogP contribution >= 0.6 is 0 Å². The third-order valence-corrected chi connectivity index (χ3v) is 9.83. The third kappa shape index (κ3) is 8.21. The number of anilines is 2.